The molecule has 3 nitrogen and oxygen atoms in total. The van der Waals surface area contributed by atoms with Gasteiger partial charge in [0, 0.05) is 13.1 Å². The Balaban J connectivity index is 2.07. The lowest BCUT2D eigenvalue weighted by Crippen LogP contribution is -2.28. The first-order valence-corrected chi connectivity index (χ1v) is 5.01. The zero-order valence-electron chi connectivity index (χ0n) is 8.56. The zero-order chi connectivity index (χ0) is 10.1. The smallest absolute Gasteiger partial charge is 0.289 e. The Labute approximate surface area is 83.7 Å². The third kappa shape index (κ3) is 1.54. The van der Waals surface area contributed by atoms with Crippen LogP contribution in [-0.4, -0.2) is 23.9 Å². The van der Waals surface area contributed by atoms with Gasteiger partial charge in [-0.1, -0.05) is 13.8 Å². The summed E-state index contributed by atoms with van der Waals surface area (Å²) in [6.07, 6.45) is 1.54. The van der Waals surface area contributed by atoms with Gasteiger partial charge in [0.15, 0.2) is 5.76 Å². The molecular weight excluding hydrogens is 178 g/mol. The second-order valence-electron chi connectivity index (χ2n) is 4.14. The summed E-state index contributed by atoms with van der Waals surface area (Å²) in [5, 5.41) is 0. The molecule has 0 bridgehead atoms. The van der Waals surface area contributed by atoms with E-state index in [2.05, 4.69) is 13.8 Å². The molecule has 0 saturated carbocycles. The highest BCUT2D eigenvalue weighted by atomic mass is 16.3. The lowest BCUT2D eigenvalue weighted by atomic mass is 10.0. The number of carbonyl (C=O) groups excluding carboxylic acids is 1. The van der Waals surface area contributed by atoms with Crippen molar-refractivity contribution < 1.29 is 9.21 Å². The van der Waals surface area contributed by atoms with E-state index in [0.717, 1.165) is 13.1 Å². The van der Waals surface area contributed by atoms with E-state index in [1.807, 2.05) is 4.90 Å². The Morgan fingerprint density at radius 3 is 2.57 bits per heavy atom. The standard InChI is InChI=1S/C11H15NO2/c1-8-6-12(7-9(8)2)11(13)10-4-3-5-14-10/h3-5,8-9H,6-7H2,1-2H3. The molecule has 1 fully saturated rings. The number of likely N-dealkylation sites (tertiary alicyclic amines) is 1. The van der Waals surface area contributed by atoms with Crippen molar-refractivity contribution in [1.29, 1.82) is 0 Å². The van der Waals surface area contributed by atoms with Crippen molar-refractivity contribution in [2.45, 2.75) is 13.8 Å². The minimum Gasteiger partial charge on any atom is -0.459 e. The van der Waals surface area contributed by atoms with E-state index in [0.29, 0.717) is 17.6 Å². The predicted molar refractivity (Wildman–Crippen MR) is 52.9 cm³/mol. The average Bonchev–Trinajstić information content (AvgIpc) is 2.76. The maximum absolute atomic E-state index is 11.8. The van der Waals surface area contributed by atoms with Crippen LogP contribution < -0.4 is 0 Å². The molecule has 0 spiro atoms. The highest BCUT2D eigenvalue weighted by molar-refractivity contribution is 5.91. The number of hydrogen-bond donors (Lipinski definition) is 0. The van der Waals surface area contributed by atoms with Gasteiger partial charge in [0.05, 0.1) is 6.26 Å². The lowest BCUT2D eigenvalue weighted by molar-refractivity contribution is 0.0753. The van der Waals surface area contributed by atoms with Gasteiger partial charge < -0.3 is 9.32 Å². The highest BCUT2D eigenvalue weighted by Gasteiger charge is 2.30. The fourth-order valence-electron chi connectivity index (χ4n) is 1.85. The second kappa shape index (κ2) is 3.48. The van der Waals surface area contributed by atoms with Gasteiger partial charge in [-0.3, -0.25) is 4.79 Å². The van der Waals surface area contributed by atoms with Gasteiger partial charge in [0.25, 0.3) is 5.91 Å². The van der Waals surface area contributed by atoms with Crippen LogP contribution in [0.2, 0.25) is 0 Å². The molecule has 0 radical (unpaired) electrons. The summed E-state index contributed by atoms with van der Waals surface area (Å²) < 4.78 is 5.09. The van der Waals surface area contributed by atoms with Crippen LogP contribution in [-0.2, 0) is 0 Å². The molecule has 14 heavy (non-hydrogen) atoms. The fraction of sp³-hybridized carbons (Fsp3) is 0.545. The molecule has 1 aromatic rings. The monoisotopic (exact) mass is 193 g/mol. The van der Waals surface area contributed by atoms with Gasteiger partial charge in [-0.2, -0.15) is 0 Å². The molecule has 0 aliphatic carbocycles. The fourth-order valence-corrected chi connectivity index (χ4v) is 1.85. The summed E-state index contributed by atoms with van der Waals surface area (Å²) in [5.74, 6) is 1.65. The maximum Gasteiger partial charge on any atom is 0.289 e. The molecule has 0 N–H and O–H groups in total. The average molecular weight is 193 g/mol. The summed E-state index contributed by atoms with van der Waals surface area (Å²) >= 11 is 0. The van der Waals surface area contributed by atoms with E-state index in [4.69, 9.17) is 4.42 Å². The molecule has 1 saturated heterocycles. The first-order valence-electron chi connectivity index (χ1n) is 5.01. The second-order valence-corrected chi connectivity index (χ2v) is 4.14. The lowest BCUT2D eigenvalue weighted by Gasteiger charge is -2.13. The van der Waals surface area contributed by atoms with Crippen LogP contribution in [0.25, 0.3) is 0 Å². The maximum atomic E-state index is 11.8. The molecule has 2 rings (SSSR count). The quantitative estimate of drug-likeness (QED) is 0.683. The number of furan rings is 1. The first kappa shape index (κ1) is 9.31. The number of amides is 1. The van der Waals surface area contributed by atoms with Crippen LogP contribution in [0.1, 0.15) is 24.4 Å². The summed E-state index contributed by atoms with van der Waals surface area (Å²) in [4.78, 5) is 13.7. The van der Waals surface area contributed by atoms with Crippen molar-refractivity contribution >= 4 is 5.91 Å². The molecule has 1 aliphatic rings. The van der Waals surface area contributed by atoms with Gasteiger partial charge >= 0.3 is 0 Å². The Morgan fingerprint density at radius 2 is 2.07 bits per heavy atom. The zero-order valence-corrected chi connectivity index (χ0v) is 8.56. The van der Waals surface area contributed by atoms with E-state index < -0.39 is 0 Å². The van der Waals surface area contributed by atoms with Gasteiger partial charge in [-0.05, 0) is 24.0 Å². The van der Waals surface area contributed by atoms with Crippen molar-refractivity contribution in [2.75, 3.05) is 13.1 Å². The summed E-state index contributed by atoms with van der Waals surface area (Å²) in [6, 6.07) is 3.46. The van der Waals surface area contributed by atoms with Crippen LogP contribution in [0.5, 0.6) is 0 Å². The van der Waals surface area contributed by atoms with E-state index >= 15 is 0 Å². The largest absolute Gasteiger partial charge is 0.459 e. The highest BCUT2D eigenvalue weighted by Crippen LogP contribution is 2.23. The molecule has 2 heterocycles. The molecule has 0 aromatic carbocycles. The normalized spacial score (nSPS) is 26.9. The van der Waals surface area contributed by atoms with Gasteiger partial charge in [-0.25, -0.2) is 0 Å². The van der Waals surface area contributed by atoms with Crippen LogP contribution in [0.3, 0.4) is 0 Å². The molecule has 1 aromatic heterocycles. The Morgan fingerprint density at radius 1 is 1.43 bits per heavy atom. The molecule has 1 aliphatic heterocycles. The summed E-state index contributed by atoms with van der Waals surface area (Å²) in [7, 11) is 0. The minimum atomic E-state index is 0.0196. The predicted octanol–water partition coefficient (Wildman–Crippen LogP) is 2.01. The SMILES string of the molecule is CC1CN(C(=O)c2ccco2)CC1C. The van der Waals surface area contributed by atoms with Gasteiger partial charge in [-0.15, -0.1) is 0 Å². The van der Waals surface area contributed by atoms with Crippen molar-refractivity contribution in [3.63, 3.8) is 0 Å². The summed E-state index contributed by atoms with van der Waals surface area (Å²) in [6.45, 7) is 6.06. The third-order valence-corrected chi connectivity index (χ3v) is 3.01. The van der Waals surface area contributed by atoms with E-state index in [1.54, 1.807) is 12.1 Å². The van der Waals surface area contributed by atoms with Gasteiger partial charge in [0.2, 0.25) is 0 Å². The van der Waals surface area contributed by atoms with E-state index in [-0.39, 0.29) is 5.91 Å². The number of carbonyl (C=O) groups is 1. The van der Waals surface area contributed by atoms with Gasteiger partial charge in [0.1, 0.15) is 0 Å². The van der Waals surface area contributed by atoms with Crippen molar-refractivity contribution in [2.24, 2.45) is 11.8 Å². The van der Waals surface area contributed by atoms with Crippen molar-refractivity contribution in [3.05, 3.63) is 24.2 Å². The topological polar surface area (TPSA) is 33.5 Å². The third-order valence-electron chi connectivity index (χ3n) is 3.01. The molecule has 2 atom stereocenters. The Kier molecular flexibility index (Phi) is 2.32. The van der Waals surface area contributed by atoms with E-state index in [1.165, 1.54) is 6.26 Å². The molecule has 1 amide bonds. The van der Waals surface area contributed by atoms with Crippen molar-refractivity contribution in [1.82, 2.24) is 4.90 Å². The molecule has 2 unspecified atom stereocenters. The molecule has 76 valence electrons. The van der Waals surface area contributed by atoms with Crippen LogP contribution >= 0.6 is 0 Å². The molecule has 3 heteroatoms. The number of hydrogen-bond acceptors (Lipinski definition) is 2. The number of rotatable bonds is 1. The summed E-state index contributed by atoms with van der Waals surface area (Å²) in [5.41, 5.74) is 0. The Bertz CT molecular complexity index is 308. The van der Waals surface area contributed by atoms with Crippen LogP contribution in [0.15, 0.2) is 22.8 Å². The Hall–Kier alpha value is -1.25. The number of nitrogens with zero attached hydrogens (tertiary/aromatic N) is 1. The first-order chi connectivity index (χ1) is 6.68. The minimum absolute atomic E-state index is 0.0196. The van der Waals surface area contributed by atoms with E-state index in [9.17, 15) is 4.79 Å². The van der Waals surface area contributed by atoms with Crippen molar-refractivity contribution in [3.8, 4) is 0 Å². The van der Waals surface area contributed by atoms with Crippen LogP contribution in [0.4, 0.5) is 0 Å². The van der Waals surface area contributed by atoms with Crippen LogP contribution in [0, 0.1) is 11.8 Å². The molecular formula is C11H15NO2.